The molecule has 1 aliphatic rings. The largest absolute Gasteiger partial charge is 0.318 e. The van der Waals surface area contributed by atoms with Gasteiger partial charge < -0.3 is 5.43 Å². The highest BCUT2D eigenvalue weighted by atomic mass is 32.2. The lowest BCUT2D eigenvalue weighted by Gasteiger charge is -2.23. The lowest BCUT2D eigenvalue weighted by molar-refractivity contribution is -0.386. The Hall–Kier alpha value is -1.71. The molecule has 1 aromatic carbocycles. The molecule has 0 radical (unpaired) electrons. The van der Waals surface area contributed by atoms with Crippen LogP contribution in [0.4, 0.5) is 11.4 Å². The normalized spacial score (nSPS) is 19.6. The zero-order valence-corrected chi connectivity index (χ0v) is 12.5. The monoisotopic (exact) mass is 314 g/mol. The summed E-state index contributed by atoms with van der Waals surface area (Å²) in [5, 5.41) is 11.2. The number of hydrazine groups is 1. The molecule has 1 atom stereocenters. The van der Waals surface area contributed by atoms with Crippen molar-refractivity contribution in [3.63, 3.8) is 0 Å². The number of hydrogen-bond donors (Lipinski definition) is 2. The van der Waals surface area contributed by atoms with Gasteiger partial charge in [-0.1, -0.05) is 13.0 Å². The quantitative estimate of drug-likeness (QED) is 0.482. The van der Waals surface area contributed by atoms with E-state index in [0.29, 0.717) is 13.0 Å². The van der Waals surface area contributed by atoms with Crippen LogP contribution in [0, 0.1) is 10.1 Å². The number of hydrogen-bond acceptors (Lipinski definition) is 6. The van der Waals surface area contributed by atoms with Gasteiger partial charge in [-0.05, 0) is 31.4 Å². The van der Waals surface area contributed by atoms with E-state index in [9.17, 15) is 18.5 Å². The van der Waals surface area contributed by atoms with Crippen LogP contribution in [0.2, 0.25) is 0 Å². The summed E-state index contributed by atoms with van der Waals surface area (Å²) in [6.07, 6.45) is 2.22. The molecule has 1 fully saturated rings. The number of nitrogens with one attached hydrogen (secondary N) is 1. The maximum absolute atomic E-state index is 12.8. The summed E-state index contributed by atoms with van der Waals surface area (Å²) in [4.78, 5) is 10.2. The zero-order valence-electron chi connectivity index (χ0n) is 11.7. The number of nitrogen functional groups attached to an aromatic ring is 1. The van der Waals surface area contributed by atoms with E-state index in [1.54, 1.807) is 0 Å². The van der Waals surface area contributed by atoms with E-state index >= 15 is 0 Å². The van der Waals surface area contributed by atoms with Gasteiger partial charge in [-0.3, -0.25) is 16.0 Å². The van der Waals surface area contributed by atoms with Gasteiger partial charge >= 0.3 is 5.69 Å². The summed E-state index contributed by atoms with van der Waals surface area (Å²) in [6.45, 7) is 2.29. The molecule has 0 bridgehead atoms. The van der Waals surface area contributed by atoms with E-state index in [1.807, 2.05) is 6.92 Å². The Morgan fingerprint density at radius 2 is 2.24 bits per heavy atom. The molecule has 0 spiro atoms. The van der Waals surface area contributed by atoms with E-state index in [2.05, 4.69) is 5.43 Å². The lowest BCUT2D eigenvalue weighted by Crippen LogP contribution is -2.35. The van der Waals surface area contributed by atoms with Crippen LogP contribution in [0.3, 0.4) is 0 Å². The second kappa shape index (κ2) is 5.96. The van der Waals surface area contributed by atoms with E-state index in [4.69, 9.17) is 5.84 Å². The summed E-state index contributed by atoms with van der Waals surface area (Å²) in [7, 11) is -3.91. The Bertz CT molecular complexity index is 647. The molecule has 116 valence electrons. The fourth-order valence-electron chi connectivity index (χ4n) is 2.70. The number of para-hydroxylation sites is 1. The highest BCUT2D eigenvalue weighted by Crippen LogP contribution is 2.36. The molecule has 1 aromatic rings. The Labute approximate surface area is 123 Å². The Morgan fingerprint density at radius 1 is 1.52 bits per heavy atom. The number of nitrogens with zero attached hydrogens (tertiary/aromatic N) is 2. The number of nitro benzene ring substituents is 1. The van der Waals surface area contributed by atoms with E-state index in [-0.39, 0.29) is 16.6 Å². The standard InChI is InChI=1S/C12H18N4O4S/c1-2-9-5-4-8-15(9)21(19,20)11-7-3-6-10(14-13)12(11)16(17)18/h3,6-7,9,14H,2,4-5,8,13H2,1H3. The maximum atomic E-state index is 12.8. The van der Waals surface area contributed by atoms with Crippen molar-refractivity contribution in [2.75, 3.05) is 12.0 Å². The summed E-state index contributed by atoms with van der Waals surface area (Å²) in [5.41, 5.74) is 1.65. The summed E-state index contributed by atoms with van der Waals surface area (Å²) in [6, 6.07) is 3.95. The van der Waals surface area contributed by atoms with Crippen molar-refractivity contribution in [2.45, 2.75) is 37.1 Å². The Balaban J connectivity index is 2.57. The molecule has 1 unspecified atom stereocenters. The molecule has 1 aliphatic heterocycles. The SMILES string of the molecule is CCC1CCCN1S(=O)(=O)c1cccc(NN)c1[N+](=O)[O-]. The second-order valence-electron chi connectivity index (χ2n) is 4.87. The van der Waals surface area contributed by atoms with Gasteiger partial charge in [-0.2, -0.15) is 4.31 Å². The first kappa shape index (κ1) is 15.7. The first-order valence-electron chi connectivity index (χ1n) is 6.69. The van der Waals surface area contributed by atoms with Crippen molar-refractivity contribution in [3.8, 4) is 0 Å². The smallest absolute Gasteiger partial charge is 0.313 e. The molecular weight excluding hydrogens is 296 g/mol. The van der Waals surface area contributed by atoms with Gasteiger partial charge in [0, 0.05) is 12.6 Å². The van der Waals surface area contributed by atoms with Crippen molar-refractivity contribution >= 4 is 21.4 Å². The average Bonchev–Trinajstić information content (AvgIpc) is 2.95. The van der Waals surface area contributed by atoms with Crippen LogP contribution in [0.15, 0.2) is 23.1 Å². The van der Waals surface area contributed by atoms with E-state index in [1.165, 1.54) is 22.5 Å². The van der Waals surface area contributed by atoms with Gasteiger partial charge in [0.15, 0.2) is 4.90 Å². The molecule has 1 heterocycles. The van der Waals surface area contributed by atoms with E-state index < -0.39 is 20.6 Å². The van der Waals surface area contributed by atoms with Crippen LogP contribution >= 0.6 is 0 Å². The van der Waals surface area contributed by atoms with Gasteiger partial charge in [-0.15, -0.1) is 0 Å². The van der Waals surface area contributed by atoms with Crippen molar-refractivity contribution in [3.05, 3.63) is 28.3 Å². The predicted octanol–water partition coefficient (Wildman–Crippen LogP) is 1.44. The first-order valence-corrected chi connectivity index (χ1v) is 8.13. The molecule has 0 amide bonds. The highest BCUT2D eigenvalue weighted by Gasteiger charge is 2.38. The van der Waals surface area contributed by atoms with Crippen LogP contribution in [-0.2, 0) is 10.0 Å². The molecule has 0 saturated carbocycles. The van der Waals surface area contributed by atoms with Crippen LogP contribution in [0.5, 0.6) is 0 Å². The number of nitrogens with two attached hydrogens (primary N) is 1. The summed E-state index contributed by atoms with van der Waals surface area (Å²) in [5.74, 6) is 5.24. The summed E-state index contributed by atoms with van der Waals surface area (Å²) >= 11 is 0. The average molecular weight is 314 g/mol. The molecular formula is C12H18N4O4S. The number of nitro groups is 1. The van der Waals surface area contributed by atoms with Gasteiger partial charge in [0.1, 0.15) is 5.69 Å². The molecule has 9 heteroatoms. The topological polar surface area (TPSA) is 119 Å². The van der Waals surface area contributed by atoms with E-state index in [0.717, 1.165) is 12.8 Å². The van der Waals surface area contributed by atoms with Crippen molar-refractivity contribution < 1.29 is 13.3 Å². The van der Waals surface area contributed by atoms with Crippen LogP contribution < -0.4 is 11.3 Å². The third-order valence-electron chi connectivity index (χ3n) is 3.72. The predicted molar refractivity (Wildman–Crippen MR) is 78.1 cm³/mol. The third kappa shape index (κ3) is 2.71. The molecule has 2 rings (SSSR count). The lowest BCUT2D eigenvalue weighted by atomic mass is 10.2. The molecule has 1 saturated heterocycles. The number of anilines is 1. The second-order valence-corrected chi connectivity index (χ2v) is 6.73. The molecule has 21 heavy (non-hydrogen) atoms. The van der Waals surface area contributed by atoms with Crippen LogP contribution in [-0.4, -0.2) is 30.2 Å². The third-order valence-corrected chi connectivity index (χ3v) is 5.70. The fourth-order valence-corrected chi connectivity index (χ4v) is 4.64. The molecule has 3 N–H and O–H groups in total. The van der Waals surface area contributed by atoms with Crippen molar-refractivity contribution in [1.82, 2.24) is 4.31 Å². The van der Waals surface area contributed by atoms with Crippen molar-refractivity contribution in [1.29, 1.82) is 0 Å². The minimum atomic E-state index is -3.91. The van der Waals surface area contributed by atoms with Gasteiger partial charge in [0.25, 0.3) is 0 Å². The Morgan fingerprint density at radius 3 is 2.81 bits per heavy atom. The van der Waals surface area contributed by atoms with Crippen LogP contribution in [0.25, 0.3) is 0 Å². The fraction of sp³-hybridized carbons (Fsp3) is 0.500. The molecule has 0 aliphatic carbocycles. The number of sulfonamides is 1. The maximum Gasteiger partial charge on any atom is 0.313 e. The molecule has 8 nitrogen and oxygen atoms in total. The van der Waals surface area contributed by atoms with Crippen molar-refractivity contribution in [2.24, 2.45) is 5.84 Å². The minimum Gasteiger partial charge on any atom is -0.318 e. The number of rotatable bonds is 5. The Kier molecular flexibility index (Phi) is 4.45. The van der Waals surface area contributed by atoms with Gasteiger partial charge in [0.2, 0.25) is 10.0 Å². The minimum absolute atomic E-state index is 0.0201. The van der Waals surface area contributed by atoms with Gasteiger partial charge in [0.05, 0.1) is 4.92 Å². The zero-order chi connectivity index (χ0) is 15.6. The highest BCUT2D eigenvalue weighted by molar-refractivity contribution is 7.89. The first-order chi connectivity index (χ1) is 9.93. The summed E-state index contributed by atoms with van der Waals surface area (Å²) < 4.78 is 26.9. The molecule has 0 aromatic heterocycles. The van der Waals surface area contributed by atoms with Crippen LogP contribution in [0.1, 0.15) is 26.2 Å². The number of benzene rings is 1. The van der Waals surface area contributed by atoms with Gasteiger partial charge in [-0.25, -0.2) is 8.42 Å².